The number of carbonyl (C=O) groups excluding carboxylic acids is 1. The summed E-state index contributed by atoms with van der Waals surface area (Å²) in [6, 6.07) is 16.0. The first-order valence-corrected chi connectivity index (χ1v) is 11.2. The molecule has 1 aliphatic rings. The molecule has 0 atom stereocenters. The minimum absolute atomic E-state index is 0.0618. The van der Waals surface area contributed by atoms with Crippen molar-refractivity contribution in [2.75, 3.05) is 11.9 Å². The third kappa shape index (κ3) is 6.23. The Morgan fingerprint density at radius 3 is 2.42 bits per heavy atom. The standard InChI is InChI=1S/C26H37N3O2/c1-7-31-23-14-9-8-12-20(23)18-29(22-16-25(3,4)28-26(5,6)17-22)24(30)27-21-13-10-11-19(2)15-21/h8-15,22,28H,7,16-18H2,1-6H3,(H,27,30). The number of benzene rings is 2. The fourth-order valence-corrected chi connectivity index (χ4v) is 4.89. The molecule has 5 nitrogen and oxygen atoms in total. The van der Waals surface area contributed by atoms with Crippen LogP contribution in [0.5, 0.6) is 5.75 Å². The van der Waals surface area contributed by atoms with E-state index in [2.05, 4.69) is 44.4 Å². The molecule has 5 heteroatoms. The van der Waals surface area contributed by atoms with Gasteiger partial charge in [0.2, 0.25) is 0 Å². The van der Waals surface area contributed by atoms with E-state index in [4.69, 9.17) is 4.74 Å². The number of hydrogen-bond acceptors (Lipinski definition) is 3. The van der Waals surface area contributed by atoms with E-state index >= 15 is 0 Å². The van der Waals surface area contributed by atoms with Gasteiger partial charge in [0, 0.05) is 28.4 Å². The van der Waals surface area contributed by atoms with Gasteiger partial charge in [0.05, 0.1) is 13.2 Å². The summed E-state index contributed by atoms with van der Waals surface area (Å²) < 4.78 is 5.85. The van der Waals surface area contributed by atoms with Crippen molar-refractivity contribution in [3.05, 3.63) is 59.7 Å². The fourth-order valence-electron chi connectivity index (χ4n) is 4.89. The van der Waals surface area contributed by atoms with Crippen molar-refractivity contribution in [2.24, 2.45) is 0 Å². The maximum absolute atomic E-state index is 13.6. The summed E-state index contributed by atoms with van der Waals surface area (Å²) in [5, 5.41) is 6.86. The third-order valence-corrected chi connectivity index (χ3v) is 5.75. The summed E-state index contributed by atoms with van der Waals surface area (Å²) in [7, 11) is 0. The quantitative estimate of drug-likeness (QED) is 0.623. The number of aryl methyl sites for hydroxylation is 1. The first kappa shape index (κ1) is 23.1. The summed E-state index contributed by atoms with van der Waals surface area (Å²) in [5.41, 5.74) is 2.84. The molecular formula is C26H37N3O2. The molecule has 2 aromatic carbocycles. The summed E-state index contributed by atoms with van der Waals surface area (Å²) in [6.45, 7) is 14.0. The van der Waals surface area contributed by atoms with Crippen LogP contribution in [-0.4, -0.2) is 34.7 Å². The number of nitrogens with one attached hydrogen (secondary N) is 2. The maximum Gasteiger partial charge on any atom is 0.322 e. The average Bonchev–Trinajstić information content (AvgIpc) is 2.65. The molecule has 1 heterocycles. The molecule has 2 amide bonds. The molecule has 2 N–H and O–H groups in total. The molecule has 0 bridgehead atoms. The van der Waals surface area contributed by atoms with E-state index in [-0.39, 0.29) is 23.2 Å². The van der Waals surface area contributed by atoms with E-state index in [0.717, 1.165) is 35.4 Å². The second kappa shape index (κ2) is 9.31. The lowest BCUT2D eigenvalue weighted by atomic mass is 9.79. The largest absolute Gasteiger partial charge is 0.494 e. The molecule has 2 aromatic rings. The first-order chi connectivity index (χ1) is 14.6. The van der Waals surface area contributed by atoms with Crippen LogP contribution >= 0.6 is 0 Å². The highest BCUT2D eigenvalue weighted by Crippen LogP contribution is 2.33. The van der Waals surface area contributed by atoms with E-state index in [0.29, 0.717) is 13.2 Å². The van der Waals surface area contributed by atoms with E-state index < -0.39 is 0 Å². The normalized spacial score (nSPS) is 17.7. The number of carbonyl (C=O) groups is 1. The Morgan fingerprint density at radius 1 is 1.10 bits per heavy atom. The van der Waals surface area contributed by atoms with Gasteiger partial charge in [-0.1, -0.05) is 30.3 Å². The number of rotatable bonds is 6. The molecule has 0 unspecified atom stereocenters. The van der Waals surface area contributed by atoms with Gasteiger partial charge < -0.3 is 20.3 Å². The lowest BCUT2D eigenvalue weighted by Crippen LogP contribution is -2.63. The molecule has 0 radical (unpaired) electrons. The van der Waals surface area contributed by atoms with Crippen LogP contribution in [0.2, 0.25) is 0 Å². The van der Waals surface area contributed by atoms with Crippen molar-refractivity contribution >= 4 is 11.7 Å². The van der Waals surface area contributed by atoms with Crippen LogP contribution in [0, 0.1) is 6.92 Å². The number of anilines is 1. The zero-order chi connectivity index (χ0) is 22.6. The topological polar surface area (TPSA) is 53.6 Å². The number of ether oxygens (including phenoxy) is 1. The van der Waals surface area contributed by atoms with E-state index in [1.807, 2.05) is 61.2 Å². The summed E-state index contributed by atoms with van der Waals surface area (Å²) in [6.07, 6.45) is 1.77. The third-order valence-electron chi connectivity index (χ3n) is 5.75. The van der Waals surface area contributed by atoms with Gasteiger partial charge in [0.1, 0.15) is 5.75 Å². The van der Waals surface area contributed by atoms with Crippen molar-refractivity contribution in [1.82, 2.24) is 10.2 Å². The minimum atomic E-state index is -0.0737. The van der Waals surface area contributed by atoms with Gasteiger partial charge in [-0.25, -0.2) is 4.79 Å². The predicted octanol–water partition coefficient (Wildman–Crippen LogP) is 5.74. The number of hydrogen-bond donors (Lipinski definition) is 2. The molecule has 0 spiro atoms. The monoisotopic (exact) mass is 423 g/mol. The van der Waals surface area contributed by atoms with Crippen molar-refractivity contribution in [2.45, 2.75) is 78.0 Å². The lowest BCUT2D eigenvalue weighted by Gasteiger charge is -2.49. The number of nitrogens with zero attached hydrogens (tertiary/aromatic N) is 1. The summed E-state index contributed by atoms with van der Waals surface area (Å²) in [5.74, 6) is 0.839. The summed E-state index contributed by atoms with van der Waals surface area (Å²) in [4.78, 5) is 15.6. The SMILES string of the molecule is CCOc1ccccc1CN(C(=O)Nc1cccc(C)c1)C1CC(C)(C)NC(C)(C)C1. The molecule has 3 rings (SSSR count). The number of para-hydroxylation sites is 1. The van der Waals surface area contributed by atoms with Crippen LogP contribution in [0.25, 0.3) is 0 Å². The van der Waals surface area contributed by atoms with Crippen molar-refractivity contribution in [3.63, 3.8) is 0 Å². The second-order valence-electron chi connectivity index (χ2n) is 9.92. The van der Waals surface area contributed by atoms with Gasteiger partial charge in [-0.05, 0) is 78.1 Å². The fraction of sp³-hybridized carbons (Fsp3) is 0.500. The predicted molar refractivity (Wildman–Crippen MR) is 128 cm³/mol. The molecule has 0 aliphatic carbocycles. The Labute approximate surface area is 187 Å². The molecule has 31 heavy (non-hydrogen) atoms. The maximum atomic E-state index is 13.6. The summed E-state index contributed by atoms with van der Waals surface area (Å²) >= 11 is 0. The molecule has 0 saturated carbocycles. The van der Waals surface area contributed by atoms with Crippen molar-refractivity contribution in [1.29, 1.82) is 0 Å². The van der Waals surface area contributed by atoms with Gasteiger partial charge in [0.15, 0.2) is 0 Å². The van der Waals surface area contributed by atoms with Gasteiger partial charge in [0.25, 0.3) is 0 Å². The Hall–Kier alpha value is -2.53. The highest BCUT2D eigenvalue weighted by molar-refractivity contribution is 5.89. The van der Waals surface area contributed by atoms with Crippen molar-refractivity contribution in [3.8, 4) is 5.75 Å². The second-order valence-corrected chi connectivity index (χ2v) is 9.92. The Bertz CT molecular complexity index is 891. The molecule has 0 aromatic heterocycles. The van der Waals surface area contributed by atoms with Gasteiger partial charge >= 0.3 is 6.03 Å². The van der Waals surface area contributed by atoms with E-state index in [9.17, 15) is 4.79 Å². The van der Waals surface area contributed by atoms with Crippen LogP contribution in [-0.2, 0) is 6.54 Å². The van der Waals surface area contributed by atoms with Crippen LogP contribution in [0.3, 0.4) is 0 Å². The number of piperidine rings is 1. The van der Waals surface area contributed by atoms with E-state index in [1.165, 1.54) is 0 Å². The molecular weight excluding hydrogens is 386 g/mol. The van der Waals surface area contributed by atoms with Crippen LogP contribution in [0.1, 0.15) is 58.6 Å². The van der Waals surface area contributed by atoms with Crippen LogP contribution < -0.4 is 15.4 Å². The van der Waals surface area contributed by atoms with Gasteiger partial charge in [-0.3, -0.25) is 0 Å². The van der Waals surface area contributed by atoms with Crippen molar-refractivity contribution < 1.29 is 9.53 Å². The Balaban J connectivity index is 1.92. The first-order valence-electron chi connectivity index (χ1n) is 11.2. The molecule has 1 saturated heterocycles. The van der Waals surface area contributed by atoms with Gasteiger partial charge in [-0.2, -0.15) is 0 Å². The molecule has 1 fully saturated rings. The zero-order valence-electron chi connectivity index (χ0n) is 19.8. The van der Waals surface area contributed by atoms with Crippen LogP contribution in [0.4, 0.5) is 10.5 Å². The highest BCUT2D eigenvalue weighted by atomic mass is 16.5. The Kier molecular flexibility index (Phi) is 6.95. The average molecular weight is 424 g/mol. The lowest BCUT2D eigenvalue weighted by molar-refractivity contribution is 0.0831. The molecule has 1 aliphatic heterocycles. The van der Waals surface area contributed by atoms with Crippen LogP contribution in [0.15, 0.2) is 48.5 Å². The molecule has 168 valence electrons. The van der Waals surface area contributed by atoms with Gasteiger partial charge in [-0.15, -0.1) is 0 Å². The number of amides is 2. The highest BCUT2D eigenvalue weighted by Gasteiger charge is 2.41. The minimum Gasteiger partial charge on any atom is -0.494 e. The number of urea groups is 1. The Morgan fingerprint density at radius 2 is 1.77 bits per heavy atom. The zero-order valence-corrected chi connectivity index (χ0v) is 19.8. The smallest absolute Gasteiger partial charge is 0.322 e. The van der Waals surface area contributed by atoms with E-state index in [1.54, 1.807) is 0 Å².